The molecule has 4 nitrogen and oxygen atoms in total. The lowest BCUT2D eigenvalue weighted by molar-refractivity contribution is -0.385. The van der Waals surface area contributed by atoms with Gasteiger partial charge >= 0.3 is 0 Å². The van der Waals surface area contributed by atoms with E-state index in [0.29, 0.717) is 4.47 Å². The number of nitrogens with zero attached hydrogens (tertiary/aromatic N) is 2. The van der Waals surface area contributed by atoms with Gasteiger partial charge in [-0.2, -0.15) is 5.26 Å². The highest BCUT2D eigenvalue weighted by Gasteiger charge is 2.13. The van der Waals surface area contributed by atoms with Gasteiger partial charge in [0.2, 0.25) is 0 Å². The van der Waals surface area contributed by atoms with Gasteiger partial charge in [0.15, 0.2) is 0 Å². The maximum Gasteiger partial charge on any atom is 0.283 e. The van der Waals surface area contributed by atoms with Crippen molar-refractivity contribution in [1.82, 2.24) is 0 Å². The maximum atomic E-state index is 10.6. The lowest BCUT2D eigenvalue weighted by atomic mass is 10.1. The van der Waals surface area contributed by atoms with E-state index in [1.54, 1.807) is 13.0 Å². The molecule has 0 heterocycles. The summed E-state index contributed by atoms with van der Waals surface area (Å²) < 4.78 is 0.415. The van der Waals surface area contributed by atoms with Crippen molar-refractivity contribution in [3.8, 4) is 6.07 Å². The highest BCUT2D eigenvalue weighted by Crippen LogP contribution is 2.28. The van der Waals surface area contributed by atoms with E-state index in [0.717, 1.165) is 11.1 Å². The fraction of sp³-hybridized carbons (Fsp3) is 0.222. The van der Waals surface area contributed by atoms with Gasteiger partial charge in [0.1, 0.15) is 0 Å². The van der Waals surface area contributed by atoms with Crippen LogP contribution in [-0.4, -0.2) is 4.92 Å². The molecular weight excluding hydrogens is 248 g/mol. The smallest absolute Gasteiger partial charge is 0.258 e. The van der Waals surface area contributed by atoms with Crippen LogP contribution in [0.2, 0.25) is 0 Å². The number of benzene rings is 1. The Hall–Kier alpha value is -1.41. The average molecular weight is 255 g/mol. The van der Waals surface area contributed by atoms with Crippen molar-refractivity contribution in [2.75, 3.05) is 0 Å². The van der Waals surface area contributed by atoms with Crippen molar-refractivity contribution < 1.29 is 4.92 Å². The van der Waals surface area contributed by atoms with E-state index in [9.17, 15) is 10.1 Å². The fourth-order valence-electron chi connectivity index (χ4n) is 1.12. The minimum absolute atomic E-state index is 0.0317. The van der Waals surface area contributed by atoms with Crippen LogP contribution in [0.5, 0.6) is 0 Å². The molecule has 0 aromatic heterocycles. The second-order valence-corrected chi connectivity index (χ2v) is 3.68. The summed E-state index contributed by atoms with van der Waals surface area (Å²) in [4.78, 5) is 10.1. The molecule has 0 unspecified atom stereocenters. The van der Waals surface area contributed by atoms with Crippen LogP contribution in [0, 0.1) is 28.4 Å². The molecule has 0 N–H and O–H groups in total. The van der Waals surface area contributed by atoms with Crippen LogP contribution in [0.3, 0.4) is 0 Å². The largest absolute Gasteiger partial charge is 0.283 e. The van der Waals surface area contributed by atoms with E-state index in [2.05, 4.69) is 15.9 Å². The molecule has 14 heavy (non-hydrogen) atoms. The summed E-state index contributed by atoms with van der Waals surface area (Å²) in [5.41, 5.74) is 1.61. The van der Waals surface area contributed by atoms with Crippen LogP contribution >= 0.6 is 15.9 Å². The van der Waals surface area contributed by atoms with Gasteiger partial charge in [0, 0.05) is 6.07 Å². The number of rotatable bonds is 2. The monoisotopic (exact) mass is 254 g/mol. The second-order valence-electron chi connectivity index (χ2n) is 2.82. The van der Waals surface area contributed by atoms with Gasteiger partial charge in [-0.3, -0.25) is 10.1 Å². The summed E-state index contributed by atoms with van der Waals surface area (Å²) >= 11 is 3.10. The van der Waals surface area contributed by atoms with Crippen LogP contribution in [0.15, 0.2) is 16.6 Å². The zero-order valence-corrected chi connectivity index (χ0v) is 9.04. The Morgan fingerprint density at radius 2 is 2.29 bits per heavy atom. The van der Waals surface area contributed by atoms with Crippen molar-refractivity contribution in [3.63, 3.8) is 0 Å². The number of nitro groups is 1. The molecule has 72 valence electrons. The first-order valence-electron chi connectivity index (χ1n) is 3.86. The number of nitro benzene ring substituents is 1. The molecule has 0 fully saturated rings. The Morgan fingerprint density at radius 3 is 2.79 bits per heavy atom. The minimum atomic E-state index is -0.451. The first kappa shape index (κ1) is 10.7. The normalized spacial score (nSPS) is 9.50. The lowest BCUT2D eigenvalue weighted by Gasteiger charge is -2.02. The molecule has 1 aromatic rings. The Kier molecular flexibility index (Phi) is 3.20. The van der Waals surface area contributed by atoms with Crippen molar-refractivity contribution in [1.29, 1.82) is 5.26 Å². The molecule has 0 spiro atoms. The number of aryl methyl sites for hydroxylation is 1. The second kappa shape index (κ2) is 4.20. The Labute approximate surface area is 89.4 Å². The van der Waals surface area contributed by atoms with Crippen molar-refractivity contribution in [3.05, 3.63) is 37.8 Å². The third-order valence-electron chi connectivity index (χ3n) is 1.87. The Bertz CT molecular complexity index is 424. The van der Waals surface area contributed by atoms with Crippen LogP contribution in [0.25, 0.3) is 0 Å². The molecule has 5 heteroatoms. The highest BCUT2D eigenvalue weighted by atomic mass is 79.9. The molecule has 0 saturated heterocycles. The zero-order valence-electron chi connectivity index (χ0n) is 7.45. The maximum absolute atomic E-state index is 10.6. The van der Waals surface area contributed by atoms with E-state index in [1.807, 2.05) is 6.07 Å². The number of halogens is 1. The van der Waals surface area contributed by atoms with E-state index in [1.165, 1.54) is 6.07 Å². The molecule has 0 atom stereocenters. The van der Waals surface area contributed by atoms with Crippen LogP contribution in [0.1, 0.15) is 11.1 Å². The SMILES string of the molecule is Cc1cc([N+](=O)[O-])c(Br)cc1CC#N. The minimum Gasteiger partial charge on any atom is -0.258 e. The van der Waals surface area contributed by atoms with E-state index >= 15 is 0 Å². The van der Waals surface area contributed by atoms with Crippen molar-refractivity contribution in [2.24, 2.45) is 0 Å². The summed E-state index contributed by atoms with van der Waals surface area (Å²) in [5, 5.41) is 19.1. The standard InChI is InChI=1S/C9H7BrN2O2/c1-6-4-9(12(13)14)8(10)5-7(6)2-3-11/h4-5H,2H2,1H3. The topological polar surface area (TPSA) is 66.9 Å². The quantitative estimate of drug-likeness (QED) is 0.602. The fourth-order valence-corrected chi connectivity index (χ4v) is 1.66. The summed E-state index contributed by atoms with van der Waals surface area (Å²) in [6.07, 6.45) is 0.266. The molecule has 0 radical (unpaired) electrons. The van der Waals surface area contributed by atoms with E-state index in [-0.39, 0.29) is 12.1 Å². The van der Waals surface area contributed by atoms with Crippen LogP contribution < -0.4 is 0 Å². The van der Waals surface area contributed by atoms with Gasteiger partial charge in [-0.15, -0.1) is 0 Å². The molecule has 0 aliphatic rings. The van der Waals surface area contributed by atoms with Gasteiger partial charge in [-0.25, -0.2) is 0 Å². The lowest BCUT2D eigenvalue weighted by Crippen LogP contribution is -1.94. The molecule has 0 aliphatic heterocycles. The molecular formula is C9H7BrN2O2. The first-order chi connectivity index (χ1) is 6.56. The molecule has 0 aliphatic carbocycles. The number of hydrogen-bond acceptors (Lipinski definition) is 3. The van der Waals surface area contributed by atoms with Gasteiger partial charge in [0.05, 0.1) is 21.9 Å². The summed E-state index contributed by atoms with van der Waals surface area (Å²) in [6.45, 7) is 1.76. The molecule has 0 amide bonds. The van der Waals surface area contributed by atoms with Crippen LogP contribution in [0.4, 0.5) is 5.69 Å². The first-order valence-corrected chi connectivity index (χ1v) is 4.66. The summed E-state index contributed by atoms with van der Waals surface area (Å²) in [5.74, 6) is 0. The van der Waals surface area contributed by atoms with Crippen molar-refractivity contribution >= 4 is 21.6 Å². The van der Waals surface area contributed by atoms with Gasteiger partial charge in [-0.05, 0) is 40.0 Å². The molecule has 0 saturated carbocycles. The molecule has 1 aromatic carbocycles. The van der Waals surface area contributed by atoms with Crippen molar-refractivity contribution in [2.45, 2.75) is 13.3 Å². The molecule has 0 bridgehead atoms. The summed E-state index contributed by atoms with van der Waals surface area (Å²) in [6, 6.07) is 5.10. The average Bonchev–Trinajstić information content (AvgIpc) is 2.10. The van der Waals surface area contributed by atoms with Gasteiger partial charge < -0.3 is 0 Å². The van der Waals surface area contributed by atoms with E-state index < -0.39 is 4.92 Å². The van der Waals surface area contributed by atoms with Gasteiger partial charge in [0.25, 0.3) is 5.69 Å². The van der Waals surface area contributed by atoms with E-state index in [4.69, 9.17) is 5.26 Å². The molecule has 1 rings (SSSR count). The predicted molar refractivity (Wildman–Crippen MR) is 54.9 cm³/mol. The Balaban J connectivity index is 3.25. The number of hydrogen-bond donors (Lipinski definition) is 0. The number of nitriles is 1. The Morgan fingerprint density at radius 1 is 1.64 bits per heavy atom. The van der Waals surface area contributed by atoms with Crippen LogP contribution in [-0.2, 0) is 6.42 Å². The predicted octanol–water partition coefficient (Wildman–Crippen LogP) is 2.73. The highest BCUT2D eigenvalue weighted by molar-refractivity contribution is 9.10. The zero-order chi connectivity index (χ0) is 10.7. The third kappa shape index (κ3) is 2.09. The third-order valence-corrected chi connectivity index (χ3v) is 2.51. The summed E-state index contributed by atoms with van der Waals surface area (Å²) in [7, 11) is 0. The van der Waals surface area contributed by atoms with Gasteiger partial charge in [-0.1, -0.05) is 0 Å².